The second-order valence-electron chi connectivity index (χ2n) is 9.11. The summed E-state index contributed by atoms with van der Waals surface area (Å²) in [7, 11) is 4.74. The van der Waals surface area contributed by atoms with Crippen LogP contribution >= 0.6 is 0 Å². The number of aliphatic hydroxyl groups is 1. The van der Waals surface area contributed by atoms with E-state index in [1.807, 2.05) is 30.1 Å². The number of likely N-dealkylation sites (N-methyl/N-ethyl adjacent to an activating group) is 1. The average Bonchev–Trinajstić information content (AvgIpc) is 2.89. The molecular formula is C29H31NO7. The number of hydrogen-bond acceptors (Lipinski definition) is 8. The Morgan fingerprint density at radius 2 is 1.65 bits per heavy atom. The first kappa shape index (κ1) is 26.2. The number of methoxy groups -OCH3 is 2. The molecule has 2 N–H and O–H groups in total. The number of piperidine rings is 1. The van der Waals surface area contributed by atoms with Crippen LogP contribution in [0.3, 0.4) is 0 Å². The second-order valence-corrected chi connectivity index (χ2v) is 9.11. The van der Waals surface area contributed by atoms with Crippen molar-refractivity contribution in [3.8, 4) is 28.7 Å². The molecule has 1 fully saturated rings. The quantitative estimate of drug-likeness (QED) is 0.325. The Labute approximate surface area is 216 Å². The minimum atomic E-state index is -0.760. The molecule has 194 valence electrons. The van der Waals surface area contributed by atoms with Crippen molar-refractivity contribution in [3.63, 3.8) is 0 Å². The zero-order valence-electron chi connectivity index (χ0n) is 21.1. The number of phenolic OH excluding ortho intramolecular Hbond substituents is 1. The number of likely N-dealkylation sites (tertiary alicyclic amines) is 1. The second kappa shape index (κ2) is 11.5. The van der Waals surface area contributed by atoms with E-state index in [9.17, 15) is 19.8 Å². The lowest BCUT2D eigenvalue weighted by molar-refractivity contribution is 0.0618. The predicted molar refractivity (Wildman–Crippen MR) is 138 cm³/mol. The van der Waals surface area contributed by atoms with Gasteiger partial charge in [-0.05, 0) is 44.3 Å². The summed E-state index contributed by atoms with van der Waals surface area (Å²) in [6.45, 7) is 1.13. The predicted octanol–water partition coefficient (Wildman–Crippen LogP) is 4.44. The van der Waals surface area contributed by atoms with E-state index in [2.05, 4.69) is 0 Å². The Kier molecular flexibility index (Phi) is 8.11. The Bertz CT molecular complexity index is 1270. The highest BCUT2D eigenvalue weighted by Gasteiger charge is 2.35. The number of carbonyl (C=O) groups excluding carboxylic acids is 2. The Hall–Kier alpha value is -3.88. The van der Waals surface area contributed by atoms with Crippen LogP contribution in [-0.2, 0) is 0 Å². The van der Waals surface area contributed by atoms with Gasteiger partial charge in [-0.1, -0.05) is 30.3 Å². The number of ether oxygens (including phenoxy) is 3. The third-order valence-corrected chi connectivity index (χ3v) is 6.60. The van der Waals surface area contributed by atoms with E-state index < -0.39 is 30.0 Å². The number of rotatable bonds is 9. The highest BCUT2D eigenvalue weighted by atomic mass is 16.5. The molecule has 1 aliphatic heterocycles. The normalized spacial score (nSPS) is 17.7. The van der Waals surface area contributed by atoms with Crippen molar-refractivity contribution in [1.29, 1.82) is 0 Å². The van der Waals surface area contributed by atoms with Gasteiger partial charge in [0, 0.05) is 29.7 Å². The largest absolute Gasteiger partial charge is 0.507 e. The Morgan fingerprint density at radius 3 is 2.32 bits per heavy atom. The molecule has 3 aromatic rings. The summed E-state index contributed by atoms with van der Waals surface area (Å²) in [5.74, 6) is -0.291. The molecule has 8 nitrogen and oxygen atoms in total. The van der Waals surface area contributed by atoms with Crippen molar-refractivity contribution in [2.75, 3.05) is 34.4 Å². The van der Waals surface area contributed by atoms with Crippen molar-refractivity contribution in [3.05, 3.63) is 77.4 Å². The summed E-state index contributed by atoms with van der Waals surface area (Å²) in [6, 6.07) is 17.3. The molecule has 8 heteroatoms. The summed E-state index contributed by atoms with van der Waals surface area (Å²) < 4.78 is 16.7. The van der Waals surface area contributed by atoms with Gasteiger partial charge in [0.2, 0.25) is 0 Å². The molecule has 0 amide bonds. The van der Waals surface area contributed by atoms with Crippen molar-refractivity contribution >= 4 is 11.6 Å². The van der Waals surface area contributed by atoms with Crippen LogP contribution in [-0.4, -0.2) is 67.1 Å². The fourth-order valence-electron chi connectivity index (χ4n) is 4.72. The molecule has 0 aromatic heterocycles. The first-order valence-corrected chi connectivity index (χ1v) is 12.1. The van der Waals surface area contributed by atoms with Crippen LogP contribution in [0.15, 0.2) is 60.7 Å². The van der Waals surface area contributed by atoms with Gasteiger partial charge in [0.05, 0.1) is 26.7 Å². The number of benzene rings is 3. The lowest BCUT2D eigenvalue weighted by Crippen LogP contribution is -2.40. The van der Waals surface area contributed by atoms with Gasteiger partial charge in [-0.3, -0.25) is 9.59 Å². The van der Waals surface area contributed by atoms with Gasteiger partial charge in [-0.15, -0.1) is 0 Å². The molecule has 0 bridgehead atoms. The number of aromatic hydroxyl groups is 1. The number of para-hydroxylation sites is 1. The highest BCUT2D eigenvalue weighted by molar-refractivity contribution is 6.15. The van der Waals surface area contributed by atoms with Crippen LogP contribution in [0, 0.1) is 0 Å². The van der Waals surface area contributed by atoms with Gasteiger partial charge in [0.25, 0.3) is 0 Å². The SMILES string of the molecule is COc1cc(OC)c([C@H]2CCN(C)C[C@H]2O)c(O)c1C(=O)CC(=O)c1cccc(Oc2ccccc2)c1. The Morgan fingerprint density at radius 1 is 0.946 bits per heavy atom. The fraction of sp³-hybridized carbons (Fsp3) is 0.310. The maximum absolute atomic E-state index is 13.4. The van der Waals surface area contributed by atoms with Crippen molar-refractivity contribution in [2.24, 2.45) is 0 Å². The molecule has 37 heavy (non-hydrogen) atoms. The van der Waals surface area contributed by atoms with Crippen LogP contribution in [0.4, 0.5) is 0 Å². The van der Waals surface area contributed by atoms with Gasteiger partial charge in [-0.25, -0.2) is 0 Å². The number of phenols is 1. The van der Waals surface area contributed by atoms with Crippen molar-refractivity contribution < 1.29 is 34.0 Å². The van der Waals surface area contributed by atoms with E-state index in [1.165, 1.54) is 20.3 Å². The smallest absolute Gasteiger partial charge is 0.178 e. The molecule has 1 heterocycles. The van der Waals surface area contributed by atoms with Crippen molar-refractivity contribution in [1.82, 2.24) is 4.90 Å². The average molecular weight is 506 g/mol. The van der Waals surface area contributed by atoms with Crippen LogP contribution < -0.4 is 14.2 Å². The molecule has 4 rings (SSSR count). The first-order valence-electron chi connectivity index (χ1n) is 12.1. The molecule has 1 saturated heterocycles. The fourth-order valence-corrected chi connectivity index (χ4v) is 4.72. The number of nitrogens with zero attached hydrogens (tertiary/aromatic N) is 1. The summed E-state index contributed by atoms with van der Waals surface area (Å²) in [5.41, 5.74) is 0.548. The minimum absolute atomic E-state index is 0.0967. The number of hydrogen-bond donors (Lipinski definition) is 2. The molecule has 2 atom stereocenters. The molecule has 3 aromatic carbocycles. The first-order chi connectivity index (χ1) is 17.8. The minimum Gasteiger partial charge on any atom is -0.507 e. The van der Waals surface area contributed by atoms with Gasteiger partial charge >= 0.3 is 0 Å². The Balaban J connectivity index is 1.61. The van der Waals surface area contributed by atoms with E-state index >= 15 is 0 Å². The third kappa shape index (κ3) is 5.76. The lowest BCUT2D eigenvalue weighted by atomic mass is 9.84. The van der Waals surface area contributed by atoms with Crippen molar-refractivity contribution in [2.45, 2.75) is 24.9 Å². The van der Waals surface area contributed by atoms with Crippen LogP contribution in [0.1, 0.15) is 45.0 Å². The van der Waals surface area contributed by atoms with E-state index in [0.29, 0.717) is 47.9 Å². The molecule has 0 saturated carbocycles. The zero-order valence-corrected chi connectivity index (χ0v) is 21.1. The van der Waals surface area contributed by atoms with Gasteiger partial charge in [0.1, 0.15) is 34.3 Å². The summed E-state index contributed by atoms with van der Waals surface area (Å²) in [4.78, 5) is 28.4. The van der Waals surface area contributed by atoms with Crippen LogP contribution in [0.25, 0.3) is 0 Å². The maximum Gasteiger partial charge on any atom is 0.178 e. The van der Waals surface area contributed by atoms with Crippen LogP contribution in [0.2, 0.25) is 0 Å². The lowest BCUT2D eigenvalue weighted by Gasteiger charge is -2.35. The third-order valence-electron chi connectivity index (χ3n) is 6.60. The maximum atomic E-state index is 13.4. The molecule has 1 aliphatic rings. The molecular weight excluding hydrogens is 474 g/mol. The molecule has 0 radical (unpaired) electrons. The molecule has 0 unspecified atom stereocenters. The highest BCUT2D eigenvalue weighted by Crippen LogP contribution is 2.46. The van der Waals surface area contributed by atoms with E-state index in [4.69, 9.17) is 14.2 Å². The number of aliphatic hydroxyl groups excluding tert-OH is 1. The van der Waals surface area contributed by atoms with Gasteiger partial charge in [0.15, 0.2) is 11.6 Å². The van der Waals surface area contributed by atoms with Crippen LogP contribution in [0.5, 0.6) is 28.7 Å². The van der Waals surface area contributed by atoms with Gasteiger partial charge < -0.3 is 29.3 Å². The van der Waals surface area contributed by atoms with E-state index in [-0.39, 0.29) is 17.1 Å². The van der Waals surface area contributed by atoms with E-state index in [1.54, 1.807) is 36.4 Å². The summed E-state index contributed by atoms with van der Waals surface area (Å²) in [6.07, 6.45) is -0.682. The summed E-state index contributed by atoms with van der Waals surface area (Å²) in [5, 5.41) is 22.0. The molecule has 0 spiro atoms. The van der Waals surface area contributed by atoms with Gasteiger partial charge in [-0.2, -0.15) is 0 Å². The topological polar surface area (TPSA) is 106 Å². The number of β-amino-alcohol motifs (C(OH)–C–C–N with tert-alkyl or cyclic N) is 1. The number of carbonyl (C=O) groups is 2. The summed E-state index contributed by atoms with van der Waals surface area (Å²) >= 11 is 0. The monoisotopic (exact) mass is 505 g/mol. The standard InChI is InChI=1S/C29H31NO7/c1-30-13-12-21(24(33)17-30)27-25(35-2)16-26(36-3)28(29(27)34)23(32)15-22(31)18-8-7-11-20(14-18)37-19-9-5-4-6-10-19/h4-11,14,16,21,24,33-34H,12-13,15,17H2,1-3H3/t21-,24+/m0/s1. The zero-order chi connectivity index (χ0) is 26.5. The van der Waals surface area contributed by atoms with E-state index in [0.717, 1.165) is 0 Å². The molecule has 0 aliphatic carbocycles. The number of ketones is 2. The number of Topliss-reactive ketones (excluding diaryl/α,β-unsaturated/α-hetero) is 2.